The predicted molar refractivity (Wildman–Crippen MR) is 59.6 cm³/mol. The lowest BCUT2D eigenvalue weighted by Crippen LogP contribution is -2.22. The van der Waals surface area contributed by atoms with E-state index in [1.54, 1.807) is 6.92 Å². The molecular weight excluding hydrogens is 212 g/mol. The SMILES string of the molecule is Cc1[nH]c(C2(C)CCSC2)nc1C(=O)O. The van der Waals surface area contributed by atoms with Gasteiger partial charge in [-0.1, -0.05) is 6.92 Å². The molecule has 2 rings (SSSR count). The second kappa shape index (κ2) is 3.56. The third-order valence-corrected chi connectivity index (χ3v) is 4.21. The Kier molecular flexibility index (Phi) is 2.50. The second-order valence-electron chi connectivity index (χ2n) is 4.23. The van der Waals surface area contributed by atoms with Crippen LogP contribution < -0.4 is 0 Å². The summed E-state index contributed by atoms with van der Waals surface area (Å²) in [5, 5.41) is 8.92. The number of aromatic nitrogens is 2. The molecule has 2 N–H and O–H groups in total. The van der Waals surface area contributed by atoms with Gasteiger partial charge in [0.2, 0.25) is 0 Å². The van der Waals surface area contributed by atoms with Crippen molar-refractivity contribution in [2.75, 3.05) is 11.5 Å². The normalized spacial score (nSPS) is 25.7. The third-order valence-electron chi connectivity index (χ3n) is 2.88. The summed E-state index contributed by atoms with van der Waals surface area (Å²) in [7, 11) is 0. The van der Waals surface area contributed by atoms with Crippen LogP contribution in [0.4, 0.5) is 0 Å². The van der Waals surface area contributed by atoms with Gasteiger partial charge in [0.15, 0.2) is 5.69 Å². The van der Waals surface area contributed by atoms with E-state index in [4.69, 9.17) is 5.11 Å². The van der Waals surface area contributed by atoms with Crippen LogP contribution >= 0.6 is 11.8 Å². The summed E-state index contributed by atoms with van der Waals surface area (Å²) in [6.07, 6.45) is 1.06. The maximum absolute atomic E-state index is 10.9. The van der Waals surface area contributed by atoms with E-state index in [0.717, 1.165) is 23.8 Å². The third kappa shape index (κ3) is 1.76. The molecule has 0 bridgehead atoms. The van der Waals surface area contributed by atoms with Crippen LogP contribution in [0.3, 0.4) is 0 Å². The predicted octanol–water partition coefficient (Wildman–Crippen LogP) is 1.81. The van der Waals surface area contributed by atoms with Crippen LogP contribution in [0.1, 0.15) is 35.4 Å². The quantitative estimate of drug-likeness (QED) is 0.807. The molecule has 0 spiro atoms. The highest BCUT2D eigenvalue weighted by Crippen LogP contribution is 2.37. The van der Waals surface area contributed by atoms with Crippen molar-refractivity contribution in [1.29, 1.82) is 0 Å². The molecule has 2 heterocycles. The Morgan fingerprint density at radius 2 is 2.40 bits per heavy atom. The molecule has 1 aliphatic rings. The number of aromatic amines is 1. The van der Waals surface area contributed by atoms with Crippen molar-refractivity contribution in [2.45, 2.75) is 25.7 Å². The number of hydrogen-bond acceptors (Lipinski definition) is 3. The lowest BCUT2D eigenvalue weighted by atomic mass is 9.89. The fourth-order valence-corrected chi connectivity index (χ4v) is 3.28. The van der Waals surface area contributed by atoms with Gasteiger partial charge in [0.05, 0.1) is 0 Å². The molecule has 0 amide bonds. The van der Waals surface area contributed by atoms with E-state index in [9.17, 15) is 4.79 Å². The van der Waals surface area contributed by atoms with Gasteiger partial charge in [0.25, 0.3) is 0 Å². The first-order valence-corrected chi connectivity index (χ1v) is 6.06. The Morgan fingerprint density at radius 1 is 1.67 bits per heavy atom. The Morgan fingerprint density at radius 3 is 2.87 bits per heavy atom. The van der Waals surface area contributed by atoms with Crippen molar-refractivity contribution >= 4 is 17.7 Å². The van der Waals surface area contributed by atoms with E-state index in [0.29, 0.717) is 5.69 Å². The molecule has 1 aromatic rings. The number of carboxylic acids is 1. The van der Waals surface area contributed by atoms with Gasteiger partial charge in [-0.25, -0.2) is 9.78 Å². The topological polar surface area (TPSA) is 66.0 Å². The van der Waals surface area contributed by atoms with Gasteiger partial charge in [-0.3, -0.25) is 0 Å². The minimum Gasteiger partial charge on any atom is -0.476 e. The zero-order chi connectivity index (χ0) is 11.1. The molecular formula is C10H14N2O2S. The van der Waals surface area contributed by atoms with E-state index in [1.807, 2.05) is 11.8 Å². The van der Waals surface area contributed by atoms with Crippen LogP contribution in [-0.4, -0.2) is 32.5 Å². The molecule has 1 aromatic heterocycles. The van der Waals surface area contributed by atoms with Gasteiger partial charge in [0.1, 0.15) is 5.82 Å². The summed E-state index contributed by atoms with van der Waals surface area (Å²) >= 11 is 1.89. The Bertz CT molecular complexity index is 394. The minimum absolute atomic E-state index is 0.0170. The number of carboxylic acid groups (broad SMARTS) is 1. The molecule has 15 heavy (non-hydrogen) atoms. The van der Waals surface area contributed by atoms with Gasteiger partial charge < -0.3 is 10.1 Å². The van der Waals surface area contributed by atoms with Crippen LogP contribution in [0.25, 0.3) is 0 Å². The first kappa shape index (κ1) is 10.5. The summed E-state index contributed by atoms with van der Waals surface area (Å²) in [5.41, 5.74) is 0.821. The molecule has 0 radical (unpaired) electrons. The number of hydrogen-bond donors (Lipinski definition) is 2. The van der Waals surface area contributed by atoms with Gasteiger partial charge in [0, 0.05) is 16.9 Å². The fourth-order valence-electron chi connectivity index (χ4n) is 1.81. The van der Waals surface area contributed by atoms with Crippen LogP contribution in [-0.2, 0) is 5.41 Å². The van der Waals surface area contributed by atoms with Crippen molar-refractivity contribution in [3.05, 3.63) is 17.2 Å². The maximum Gasteiger partial charge on any atom is 0.356 e. The molecule has 1 fully saturated rings. The molecule has 5 heteroatoms. The van der Waals surface area contributed by atoms with E-state index in [2.05, 4.69) is 16.9 Å². The van der Waals surface area contributed by atoms with Crippen LogP contribution in [0.5, 0.6) is 0 Å². The van der Waals surface area contributed by atoms with Crippen LogP contribution in [0, 0.1) is 6.92 Å². The van der Waals surface area contributed by atoms with Gasteiger partial charge in [-0.2, -0.15) is 11.8 Å². The summed E-state index contributed by atoms with van der Waals surface area (Å²) in [4.78, 5) is 18.2. The average Bonchev–Trinajstić information content (AvgIpc) is 2.72. The average molecular weight is 226 g/mol. The van der Waals surface area contributed by atoms with E-state index < -0.39 is 5.97 Å². The number of imidazole rings is 1. The standard InChI is InChI=1S/C10H14N2O2S/c1-6-7(8(13)14)12-9(11-6)10(2)3-4-15-5-10/h3-5H2,1-2H3,(H,11,12)(H,13,14). The molecule has 1 saturated heterocycles. The molecule has 1 aliphatic heterocycles. The first-order chi connectivity index (χ1) is 7.03. The molecule has 1 unspecified atom stereocenters. The van der Waals surface area contributed by atoms with Crippen LogP contribution in [0.15, 0.2) is 0 Å². The van der Waals surface area contributed by atoms with Crippen molar-refractivity contribution in [3.8, 4) is 0 Å². The number of H-pyrrole nitrogens is 1. The molecule has 1 atom stereocenters. The zero-order valence-electron chi connectivity index (χ0n) is 8.83. The van der Waals surface area contributed by atoms with Gasteiger partial charge in [-0.05, 0) is 19.1 Å². The highest BCUT2D eigenvalue weighted by atomic mass is 32.2. The number of nitrogens with zero attached hydrogens (tertiary/aromatic N) is 1. The first-order valence-electron chi connectivity index (χ1n) is 4.91. The Labute approximate surface area is 92.5 Å². The molecule has 0 aliphatic carbocycles. The van der Waals surface area contributed by atoms with Gasteiger partial charge >= 0.3 is 5.97 Å². The molecule has 0 aromatic carbocycles. The maximum atomic E-state index is 10.9. The monoisotopic (exact) mass is 226 g/mol. The van der Waals surface area contributed by atoms with Crippen molar-refractivity contribution in [2.24, 2.45) is 0 Å². The number of thioether (sulfide) groups is 1. The zero-order valence-corrected chi connectivity index (χ0v) is 9.65. The molecule has 82 valence electrons. The number of rotatable bonds is 2. The highest BCUT2D eigenvalue weighted by molar-refractivity contribution is 7.99. The second-order valence-corrected chi connectivity index (χ2v) is 5.33. The summed E-state index contributed by atoms with van der Waals surface area (Å²) in [6.45, 7) is 3.89. The Hall–Kier alpha value is -0.970. The fraction of sp³-hybridized carbons (Fsp3) is 0.600. The number of aromatic carboxylic acids is 1. The number of aryl methyl sites for hydroxylation is 1. The van der Waals surface area contributed by atoms with E-state index >= 15 is 0 Å². The summed E-state index contributed by atoms with van der Waals surface area (Å²) < 4.78 is 0. The molecule has 4 nitrogen and oxygen atoms in total. The van der Waals surface area contributed by atoms with Crippen molar-refractivity contribution < 1.29 is 9.90 Å². The lowest BCUT2D eigenvalue weighted by molar-refractivity contribution is 0.0690. The number of nitrogens with one attached hydrogen (secondary N) is 1. The molecule has 0 saturated carbocycles. The van der Waals surface area contributed by atoms with Gasteiger partial charge in [-0.15, -0.1) is 0 Å². The van der Waals surface area contributed by atoms with Crippen molar-refractivity contribution in [3.63, 3.8) is 0 Å². The Balaban J connectivity index is 2.37. The van der Waals surface area contributed by atoms with Crippen LogP contribution in [0.2, 0.25) is 0 Å². The summed E-state index contributed by atoms with van der Waals surface area (Å²) in [5.74, 6) is 2.00. The lowest BCUT2D eigenvalue weighted by Gasteiger charge is -2.18. The largest absolute Gasteiger partial charge is 0.476 e. The number of carbonyl (C=O) groups is 1. The van der Waals surface area contributed by atoms with Crippen molar-refractivity contribution in [1.82, 2.24) is 9.97 Å². The smallest absolute Gasteiger partial charge is 0.356 e. The minimum atomic E-state index is -0.954. The van der Waals surface area contributed by atoms with E-state index in [-0.39, 0.29) is 11.1 Å². The summed E-state index contributed by atoms with van der Waals surface area (Å²) in [6, 6.07) is 0. The highest BCUT2D eigenvalue weighted by Gasteiger charge is 2.35. The van der Waals surface area contributed by atoms with E-state index in [1.165, 1.54) is 0 Å².